The van der Waals surface area contributed by atoms with E-state index in [9.17, 15) is 24.6 Å². The standard InChI is InChI=1S/C27H35N3O5/c1-3-4-15-28-26(34)22-13-9-16-30(22)27(35)24(32)21(17-19-10-6-5-7-11-19)29-25(33)20-12-8-14-23(31)18(20)2/h5-8,10-12,14,21-22,24,31-32H,3-4,9,13,15-17H2,1-2H3,(H,28,34)(H,29,33)/t21-,22-,24-/m0/s1. The second kappa shape index (κ2) is 12.4. The Hall–Kier alpha value is -3.39. The van der Waals surface area contributed by atoms with Crippen LogP contribution in [-0.2, 0) is 16.0 Å². The van der Waals surface area contributed by atoms with Crippen LogP contribution in [0.25, 0.3) is 0 Å². The highest BCUT2D eigenvalue weighted by Crippen LogP contribution is 2.22. The predicted octanol–water partition coefficient (Wildman–Crippen LogP) is 2.31. The van der Waals surface area contributed by atoms with E-state index in [1.165, 1.54) is 11.0 Å². The van der Waals surface area contributed by atoms with E-state index in [1.807, 2.05) is 37.3 Å². The van der Waals surface area contributed by atoms with Gasteiger partial charge in [0, 0.05) is 24.2 Å². The van der Waals surface area contributed by atoms with Crippen molar-refractivity contribution in [3.8, 4) is 5.75 Å². The number of amides is 3. The third-order valence-corrected chi connectivity index (χ3v) is 6.47. The van der Waals surface area contributed by atoms with Gasteiger partial charge in [0.05, 0.1) is 6.04 Å². The van der Waals surface area contributed by atoms with E-state index < -0.39 is 30.0 Å². The Morgan fingerprint density at radius 1 is 1.11 bits per heavy atom. The molecule has 8 nitrogen and oxygen atoms in total. The number of rotatable bonds is 10. The van der Waals surface area contributed by atoms with Crippen LogP contribution in [0.1, 0.15) is 54.1 Å². The lowest BCUT2D eigenvalue weighted by Crippen LogP contribution is -2.55. The van der Waals surface area contributed by atoms with Crippen molar-refractivity contribution >= 4 is 17.7 Å². The molecule has 35 heavy (non-hydrogen) atoms. The van der Waals surface area contributed by atoms with Gasteiger partial charge in [0.15, 0.2) is 6.10 Å². The SMILES string of the molecule is CCCCNC(=O)[C@@H]1CCCN1C(=O)[C@@H](O)[C@H](Cc1ccccc1)NC(=O)c1cccc(O)c1C. The molecule has 0 bridgehead atoms. The number of aliphatic hydroxyl groups excluding tert-OH is 1. The molecule has 1 heterocycles. The fraction of sp³-hybridized carbons (Fsp3) is 0.444. The first-order chi connectivity index (χ1) is 16.8. The van der Waals surface area contributed by atoms with Gasteiger partial charge >= 0.3 is 0 Å². The average Bonchev–Trinajstić information content (AvgIpc) is 3.35. The quantitative estimate of drug-likeness (QED) is 0.388. The van der Waals surface area contributed by atoms with Crippen LogP contribution in [0.15, 0.2) is 48.5 Å². The van der Waals surface area contributed by atoms with Crippen LogP contribution >= 0.6 is 0 Å². The van der Waals surface area contributed by atoms with E-state index in [0.29, 0.717) is 31.5 Å². The predicted molar refractivity (Wildman–Crippen MR) is 133 cm³/mol. The third kappa shape index (κ3) is 6.60. The number of hydrogen-bond acceptors (Lipinski definition) is 5. The van der Waals surface area contributed by atoms with Crippen LogP contribution in [-0.4, -0.2) is 64.1 Å². The number of phenolic OH excluding ortho intramolecular Hbond substituents is 1. The minimum absolute atomic E-state index is 0.0112. The molecule has 4 N–H and O–H groups in total. The zero-order valence-electron chi connectivity index (χ0n) is 20.4. The van der Waals surface area contributed by atoms with Gasteiger partial charge in [0.2, 0.25) is 5.91 Å². The molecule has 1 aliphatic rings. The summed E-state index contributed by atoms with van der Waals surface area (Å²) < 4.78 is 0. The summed E-state index contributed by atoms with van der Waals surface area (Å²) in [4.78, 5) is 40.5. The van der Waals surface area contributed by atoms with Gasteiger partial charge < -0.3 is 25.7 Å². The van der Waals surface area contributed by atoms with E-state index in [0.717, 1.165) is 18.4 Å². The Bertz CT molecular complexity index is 1030. The first kappa shape index (κ1) is 26.2. The fourth-order valence-corrected chi connectivity index (χ4v) is 4.38. The molecule has 1 fully saturated rings. The summed E-state index contributed by atoms with van der Waals surface area (Å²) in [5.74, 6) is -1.30. The molecule has 2 aromatic rings. The number of likely N-dealkylation sites (tertiary alicyclic amines) is 1. The monoisotopic (exact) mass is 481 g/mol. The molecule has 3 atom stereocenters. The van der Waals surface area contributed by atoms with Crippen molar-refractivity contribution in [2.45, 2.75) is 64.1 Å². The molecule has 2 aromatic carbocycles. The van der Waals surface area contributed by atoms with Crippen molar-refractivity contribution in [3.05, 3.63) is 65.2 Å². The molecule has 0 aromatic heterocycles. The lowest BCUT2D eigenvalue weighted by atomic mass is 9.98. The van der Waals surface area contributed by atoms with Crippen LogP contribution in [0, 0.1) is 6.92 Å². The maximum Gasteiger partial charge on any atom is 0.254 e. The molecule has 0 unspecified atom stereocenters. The largest absolute Gasteiger partial charge is 0.508 e. The van der Waals surface area contributed by atoms with Crippen LogP contribution in [0.4, 0.5) is 0 Å². The number of carbonyl (C=O) groups excluding carboxylic acids is 3. The Morgan fingerprint density at radius 3 is 2.57 bits per heavy atom. The second-order valence-corrected chi connectivity index (χ2v) is 9.00. The number of unbranched alkanes of at least 4 members (excludes halogenated alkanes) is 1. The average molecular weight is 482 g/mol. The maximum absolute atomic E-state index is 13.4. The third-order valence-electron chi connectivity index (χ3n) is 6.47. The number of aliphatic hydroxyl groups is 1. The van der Waals surface area contributed by atoms with Gasteiger partial charge in [0.25, 0.3) is 11.8 Å². The normalized spacial score (nSPS) is 17.0. The highest BCUT2D eigenvalue weighted by molar-refractivity contribution is 5.97. The van der Waals surface area contributed by atoms with Crippen LogP contribution in [0.5, 0.6) is 5.75 Å². The van der Waals surface area contributed by atoms with E-state index in [4.69, 9.17) is 0 Å². The van der Waals surface area contributed by atoms with Gasteiger partial charge in [-0.3, -0.25) is 14.4 Å². The molecule has 3 amide bonds. The summed E-state index contributed by atoms with van der Waals surface area (Å²) in [6.45, 7) is 4.59. The zero-order chi connectivity index (χ0) is 25.4. The number of nitrogens with one attached hydrogen (secondary N) is 2. The van der Waals surface area contributed by atoms with Gasteiger partial charge in [0.1, 0.15) is 11.8 Å². The number of benzene rings is 2. The molecule has 1 aliphatic heterocycles. The molecular weight excluding hydrogens is 446 g/mol. The highest BCUT2D eigenvalue weighted by Gasteiger charge is 2.39. The van der Waals surface area contributed by atoms with Crippen molar-refractivity contribution in [1.29, 1.82) is 0 Å². The van der Waals surface area contributed by atoms with Gasteiger partial charge in [-0.25, -0.2) is 0 Å². The van der Waals surface area contributed by atoms with E-state index in [1.54, 1.807) is 19.1 Å². The number of hydrogen-bond donors (Lipinski definition) is 4. The Morgan fingerprint density at radius 2 is 1.86 bits per heavy atom. The second-order valence-electron chi connectivity index (χ2n) is 9.00. The lowest BCUT2D eigenvalue weighted by molar-refractivity contribution is -0.146. The Labute approximate surface area is 206 Å². The van der Waals surface area contributed by atoms with Crippen molar-refractivity contribution < 1.29 is 24.6 Å². The molecule has 8 heteroatoms. The van der Waals surface area contributed by atoms with Gasteiger partial charge in [-0.2, -0.15) is 0 Å². The summed E-state index contributed by atoms with van der Waals surface area (Å²) >= 11 is 0. The molecule has 188 valence electrons. The number of nitrogens with zero attached hydrogens (tertiary/aromatic N) is 1. The van der Waals surface area contributed by atoms with Gasteiger partial charge in [-0.15, -0.1) is 0 Å². The zero-order valence-corrected chi connectivity index (χ0v) is 20.4. The maximum atomic E-state index is 13.4. The van der Waals surface area contributed by atoms with Crippen molar-refractivity contribution in [1.82, 2.24) is 15.5 Å². The smallest absolute Gasteiger partial charge is 0.254 e. The molecule has 0 radical (unpaired) electrons. The van der Waals surface area contributed by atoms with E-state index in [-0.39, 0.29) is 23.6 Å². The molecule has 1 saturated heterocycles. The van der Waals surface area contributed by atoms with Crippen LogP contribution in [0.2, 0.25) is 0 Å². The number of carbonyl (C=O) groups is 3. The Balaban J connectivity index is 1.79. The minimum atomic E-state index is -1.54. The van der Waals surface area contributed by atoms with Gasteiger partial charge in [-0.1, -0.05) is 49.7 Å². The summed E-state index contributed by atoms with van der Waals surface area (Å²) in [5, 5.41) is 26.8. The number of phenols is 1. The number of aromatic hydroxyl groups is 1. The van der Waals surface area contributed by atoms with Crippen molar-refractivity contribution in [3.63, 3.8) is 0 Å². The lowest BCUT2D eigenvalue weighted by Gasteiger charge is -2.30. The molecule has 0 saturated carbocycles. The topological polar surface area (TPSA) is 119 Å². The van der Waals surface area contributed by atoms with Crippen LogP contribution in [0.3, 0.4) is 0 Å². The Kier molecular flexibility index (Phi) is 9.25. The van der Waals surface area contributed by atoms with Crippen molar-refractivity contribution in [2.75, 3.05) is 13.1 Å². The fourth-order valence-electron chi connectivity index (χ4n) is 4.38. The van der Waals surface area contributed by atoms with Gasteiger partial charge in [-0.05, 0) is 50.3 Å². The summed E-state index contributed by atoms with van der Waals surface area (Å²) in [6, 6.07) is 12.3. The molecular formula is C27H35N3O5. The first-order valence-electron chi connectivity index (χ1n) is 12.2. The van der Waals surface area contributed by atoms with E-state index >= 15 is 0 Å². The molecule has 0 spiro atoms. The first-order valence-corrected chi connectivity index (χ1v) is 12.2. The van der Waals surface area contributed by atoms with Crippen LogP contribution < -0.4 is 10.6 Å². The minimum Gasteiger partial charge on any atom is -0.508 e. The molecule has 0 aliphatic carbocycles. The summed E-state index contributed by atoms with van der Waals surface area (Å²) in [6.07, 6.45) is 1.69. The van der Waals surface area contributed by atoms with E-state index in [2.05, 4.69) is 10.6 Å². The summed E-state index contributed by atoms with van der Waals surface area (Å²) in [7, 11) is 0. The summed E-state index contributed by atoms with van der Waals surface area (Å²) in [5.41, 5.74) is 1.51. The highest BCUT2D eigenvalue weighted by atomic mass is 16.3. The molecule has 3 rings (SSSR count). The van der Waals surface area contributed by atoms with Crippen molar-refractivity contribution in [2.24, 2.45) is 0 Å².